The van der Waals surface area contributed by atoms with Gasteiger partial charge in [-0.2, -0.15) is 0 Å². The molecule has 126 valence electrons. The molecule has 24 heavy (non-hydrogen) atoms. The van der Waals surface area contributed by atoms with E-state index in [4.69, 9.17) is 21.1 Å². The van der Waals surface area contributed by atoms with Gasteiger partial charge in [-0.05, 0) is 24.3 Å². The lowest BCUT2D eigenvalue weighted by molar-refractivity contribution is -0.384. The van der Waals surface area contributed by atoms with E-state index in [2.05, 4.69) is 4.72 Å². The Morgan fingerprint density at radius 2 is 1.79 bits per heavy atom. The zero-order valence-corrected chi connectivity index (χ0v) is 13.6. The molecule has 10 heteroatoms. The van der Waals surface area contributed by atoms with Crippen LogP contribution in [0.5, 0.6) is 11.5 Å². The number of nitro groups is 1. The van der Waals surface area contributed by atoms with Gasteiger partial charge in [0.25, 0.3) is 15.7 Å². The number of anilines is 1. The van der Waals surface area contributed by atoms with Crippen molar-refractivity contribution in [2.24, 2.45) is 0 Å². The summed E-state index contributed by atoms with van der Waals surface area (Å²) in [5.74, 6) is 0.786. The molecule has 0 atom stereocenters. The fourth-order valence-corrected chi connectivity index (χ4v) is 3.37. The Kier molecular flexibility index (Phi) is 4.20. The predicted molar refractivity (Wildman–Crippen MR) is 86.3 cm³/mol. The van der Waals surface area contributed by atoms with E-state index in [0.717, 1.165) is 6.07 Å². The van der Waals surface area contributed by atoms with Crippen LogP contribution in [0.3, 0.4) is 0 Å². The summed E-state index contributed by atoms with van der Waals surface area (Å²) in [5, 5.41) is 10.8. The first-order valence-electron chi connectivity index (χ1n) is 6.73. The van der Waals surface area contributed by atoms with Crippen LogP contribution in [0, 0.1) is 10.1 Å². The average molecular weight is 371 g/mol. The first-order valence-corrected chi connectivity index (χ1v) is 8.59. The minimum atomic E-state index is -3.95. The van der Waals surface area contributed by atoms with Gasteiger partial charge in [0.2, 0.25) is 0 Å². The van der Waals surface area contributed by atoms with Crippen LogP contribution in [0.15, 0.2) is 41.3 Å². The van der Waals surface area contributed by atoms with Crippen LogP contribution in [0.2, 0.25) is 5.02 Å². The average Bonchev–Trinajstić information content (AvgIpc) is 2.55. The van der Waals surface area contributed by atoms with Crippen LogP contribution >= 0.6 is 11.6 Å². The van der Waals surface area contributed by atoms with Crippen molar-refractivity contribution < 1.29 is 22.8 Å². The number of sulfonamides is 1. The quantitative estimate of drug-likeness (QED) is 0.655. The van der Waals surface area contributed by atoms with Crippen LogP contribution in [0.1, 0.15) is 0 Å². The number of nitrogens with one attached hydrogen (secondary N) is 1. The summed E-state index contributed by atoms with van der Waals surface area (Å²) in [6.45, 7) is 0.721. The lowest BCUT2D eigenvalue weighted by atomic mass is 10.3. The van der Waals surface area contributed by atoms with Gasteiger partial charge in [0.15, 0.2) is 11.5 Å². The Morgan fingerprint density at radius 1 is 1.08 bits per heavy atom. The van der Waals surface area contributed by atoms with E-state index in [9.17, 15) is 18.5 Å². The van der Waals surface area contributed by atoms with E-state index < -0.39 is 14.9 Å². The molecule has 1 N–H and O–H groups in total. The summed E-state index contributed by atoms with van der Waals surface area (Å²) in [4.78, 5) is 10.1. The predicted octanol–water partition coefficient (Wildman–Crippen LogP) is 2.82. The van der Waals surface area contributed by atoms with Crippen LogP contribution in [0.4, 0.5) is 11.4 Å². The molecule has 0 fully saturated rings. The second-order valence-electron chi connectivity index (χ2n) is 4.83. The molecule has 8 nitrogen and oxygen atoms in total. The highest BCUT2D eigenvalue weighted by molar-refractivity contribution is 7.92. The molecule has 0 amide bonds. The normalized spacial score (nSPS) is 13.4. The Balaban J connectivity index is 1.92. The number of hydrogen-bond acceptors (Lipinski definition) is 6. The van der Waals surface area contributed by atoms with Gasteiger partial charge in [0.1, 0.15) is 18.2 Å². The van der Waals surface area contributed by atoms with Crippen molar-refractivity contribution in [3.05, 3.63) is 51.5 Å². The first-order chi connectivity index (χ1) is 11.4. The largest absolute Gasteiger partial charge is 0.486 e. The van der Waals surface area contributed by atoms with E-state index in [1.165, 1.54) is 30.3 Å². The van der Waals surface area contributed by atoms with Gasteiger partial charge in [-0.3, -0.25) is 14.8 Å². The van der Waals surface area contributed by atoms with Crippen molar-refractivity contribution in [2.75, 3.05) is 17.9 Å². The number of nitrogens with zero attached hydrogens (tertiary/aromatic N) is 1. The summed E-state index contributed by atoms with van der Waals surface area (Å²) in [5.41, 5.74) is -0.361. The molecule has 0 radical (unpaired) electrons. The standard InChI is InChI=1S/C14H11ClN2O6S/c15-11-3-1-9(7-12(11)17(18)19)16-24(20,21)10-2-4-13-14(8-10)23-6-5-22-13/h1-4,7-8,16H,5-6H2. The maximum Gasteiger partial charge on any atom is 0.289 e. The van der Waals surface area contributed by atoms with Crippen LogP contribution in [-0.2, 0) is 10.0 Å². The van der Waals surface area contributed by atoms with Crippen LogP contribution in [-0.4, -0.2) is 26.6 Å². The van der Waals surface area contributed by atoms with E-state index in [1.54, 1.807) is 0 Å². The second kappa shape index (κ2) is 6.17. The highest BCUT2D eigenvalue weighted by atomic mass is 35.5. The lowest BCUT2D eigenvalue weighted by Gasteiger charge is -2.19. The van der Waals surface area contributed by atoms with Gasteiger partial charge < -0.3 is 9.47 Å². The Labute approximate surface area is 142 Å². The summed E-state index contributed by atoms with van der Waals surface area (Å²) < 4.78 is 37.8. The molecule has 2 aromatic rings. The molecule has 0 saturated carbocycles. The van der Waals surface area contributed by atoms with Gasteiger partial charge in [0.05, 0.1) is 15.5 Å². The fraction of sp³-hybridized carbons (Fsp3) is 0.143. The van der Waals surface area contributed by atoms with Gasteiger partial charge in [-0.15, -0.1) is 0 Å². The zero-order valence-electron chi connectivity index (χ0n) is 12.1. The number of fused-ring (bicyclic) bond motifs is 1. The molecule has 0 saturated heterocycles. The van der Waals surface area contributed by atoms with E-state index in [-0.39, 0.29) is 21.3 Å². The maximum absolute atomic E-state index is 12.4. The molecule has 2 aromatic carbocycles. The van der Waals surface area contributed by atoms with Crippen LogP contribution in [0.25, 0.3) is 0 Å². The smallest absolute Gasteiger partial charge is 0.289 e. The minimum Gasteiger partial charge on any atom is -0.486 e. The first kappa shape index (κ1) is 16.3. The number of halogens is 1. The Morgan fingerprint density at radius 3 is 2.50 bits per heavy atom. The number of benzene rings is 2. The molecule has 1 heterocycles. The Hall–Kier alpha value is -2.52. The third-order valence-electron chi connectivity index (χ3n) is 3.22. The van der Waals surface area contributed by atoms with Gasteiger partial charge in [-0.1, -0.05) is 11.6 Å². The number of rotatable bonds is 4. The molecule has 0 aliphatic carbocycles. The van der Waals surface area contributed by atoms with Gasteiger partial charge in [0, 0.05) is 12.1 Å². The SMILES string of the molecule is O=[N+]([O-])c1cc(NS(=O)(=O)c2ccc3c(c2)OCCO3)ccc1Cl. The summed E-state index contributed by atoms with van der Waals surface area (Å²) in [7, 11) is -3.95. The summed E-state index contributed by atoms with van der Waals surface area (Å²) in [6.07, 6.45) is 0. The number of nitro benzene ring substituents is 1. The molecular formula is C14H11ClN2O6S. The molecule has 1 aliphatic heterocycles. The van der Waals surface area contributed by atoms with E-state index in [0.29, 0.717) is 24.7 Å². The highest BCUT2D eigenvalue weighted by Gasteiger charge is 2.21. The minimum absolute atomic E-state index is 0.0287. The highest BCUT2D eigenvalue weighted by Crippen LogP contribution is 2.33. The summed E-state index contributed by atoms with van der Waals surface area (Å²) >= 11 is 5.71. The molecule has 0 bridgehead atoms. The molecule has 0 aromatic heterocycles. The Bertz CT molecular complexity index is 915. The maximum atomic E-state index is 12.4. The number of hydrogen-bond donors (Lipinski definition) is 1. The topological polar surface area (TPSA) is 108 Å². The summed E-state index contributed by atoms with van der Waals surface area (Å²) in [6, 6.07) is 7.83. The van der Waals surface area contributed by atoms with Crippen molar-refractivity contribution in [1.82, 2.24) is 0 Å². The monoisotopic (exact) mass is 370 g/mol. The molecule has 0 spiro atoms. The lowest BCUT2D eigenvalue weighted by Crippen LogP contribution is -2.17. The third kappa shape index (κ3) is 3.22. The molecule has 0 unspecified atom stereocenters. The second-order valence-corrected chi connectivity index (χ2v) is 6.92. The molecule has 1 aliphatic rings. The van der Waals surface area contributed by atoms with Crippen molar-refractivity contribution >= 4 is 33.0 Å². The van der Waals surface area contributed by atoms with Crippen molar-refractivity contribution in [3.63, 3.8) is 0 Å². The fourth-order valence-electron chi connectivity index (χ4n) is 2.12. The van der Waals surface area contributed by atoms with E-state index in [1.807, 2.05) is 0 Å². The van der Waals surface area contributed by atoms with Crippen molar-refractivity contribution in [3.8, 4) is 11.5 Å². The van der Waals surface area contributed by atoms with Gasteiger partial charge in [-0.25, -0.2) is 8.42 Å². The molecule has 3 rings (SSSR count). The molecular weight excluding hydrogens is 360 g/mol. The number of ether oxygens (including phenoxy) is 2. The van der Waals surface area contributed by atoms with Crippen LogP contribution < -0.4 is 14.2 Å². The van der Waals surface area contributed by atoms with Crippen molar-refractivity contribution in [1.29, 1.82) is 0 Å². The third-order valence-corrected chi connectivity index (χ3v) is 4.92. The van der Waals surface area contributed by atoms with Gasteiger partial charge >= 0.3 is 0 Å². The van der Waals surface area contributed by atoms with E-state index >= 15 is 0 Å². The van der Waals surface area contributed by atoms with Crippen molar-refractivity contribution in [2.45, 2.75) is 4.90 Å². The zero-order chi connectivity index (χ0) is 17.3.